The van der Waals surface area contributed by atoms with Gasteiger partial charge in [-0.05, 0) is 6.92 Å². The van der Waals surface area contributed by atoms with E-state index in [1.54, 1.807) is 0 Å². The number of halogens is 3. The van der Waals surface area contributed by atoms with E-state index in [1.807, 2.05) is 0 Å². The highest BCUT2D eigenvalue weighted by atomic mass is 19.3. The van der Waals surface area contributed by atoms with Crippen LogP contribution in [0.1, 0.15) is 11.5 Å². The number of anilines is 1. The number of aromatic nitrogens is 2. The third kappa shape index (κ3) is 3.65. The van der Waals surface area contributed by atoms with Crippen LogP contribution in [0.3, 0.4) is 0 Å². The molecule has 4 nitrogen and oxygen atoms in total. The Hall–Kier alpha value is -1.37. The fourth-order valence-corrected chi connectivity index (χ4v) is 1.09. The molecule has 1 rings (SSSR count). The lowest BCUT2D eigenvalue weighted by Crippen LogP contribution is -2.11. The Bertz CT molecular complexity index is 337. The molecule has 1 aromatic heterocycles. The van der Waals surface area contributed by atoms with Crippen LogP contribution < -0.4 is 5.73 Å². The fraction of sp³-hybridized carbons (Fsp3) is 0.556. The maximum atomic E-state index is 13.0. The van der Waals surface area contributed by atoms with Crippen LogP contribution in [0.4, 0.5) is 19.0 Å². The van der Waals surface area contributed by atoms with E-state index in [4.69, 9.17) is 5.73 Å². The lowest BCUT2D eigenvalue weighted by atomic mass is 10.3. The summed E-state index contributed by atoms with van der Waals surface area (Å²) in [4.78, 5) is 7.49. The number of nitrogens with two attached hydrogens (primary N) is 1. The van der Waals surface area contributed by atoms with Crippen molar-refractivity contribution in [3.63, 3.8) is 0 Å². The van der Waals surface area contributed by atoms with Gasteiger partial charge in [-0.2, -0.15) is 0 Å². The molecule has 0 aliphatic rings. The molecule has 1 heterocycles. The molecule has 0 aliphatic carbocycles. The van der Waals surface area contributed by atoms with Gasteiger partial charge >= 0.3 is 0 Å². The summed E-state index contributed by atoms with van der Waals surface area (Å²) in [6.07, 6.45) is -2.28. The molecule has 0 amide bonds. The quantitative estimate of drug-likeness (QED) is 0.782. The molecule has 0 spiro atoms. The average molecular weight is 235 g/mol. The third-order valence-corrected chi connectivity index (χ3v) is 1.80. The molecule has 0 fully saturated rings. The zero-order valence-electron chi connectivity index (χ0n) is 8.71. The number of hydrogen-bond donors (Lipinski definition) is 1. The first-order chi connectivity index (χ1) is 7.50. The van der Waals surface area contributed by atoms with E-state index in [9.17, 15) is 13.2 Å². The molecule has 90 valence electrons. The molecule has 0 bridgehead atoms. The molecular formula is C9H12F3N3O. The summed E-state index contributed by atoms with van der Waals surface area (Å²) in [6, 6.07) is 0. The Kier molecular flexibility index (Phi) is 4.48. The first-order valence-electron chi connectivity index (χ1n) is 4.65. The summed E-state index contributed by atoms with van der Waals surface area (Å²) in [5, 5.41) is 0. The first kappa shape index (κ1) is 12.7. The van der Waals surface area contributed by atoms with E-state index in [2.05, 4.69) is 14.7 Å². The van der Waals surface area contributed by atoms with Crippen molar-refractivity contribution in [2.24, 2.45) is 0 Å². The second-order valence-electron chi connectivity index (χ2n) is 3.14. The van der Waals surface area contributed by atoms with E-state index in [0.29, 0.717) is 0 Å². The van der Waals surface area contributed by atoms with Gasteiger partial charge in [0.2, 0.25) is 0 Å². The SMILES string of the molecule is Cc1nc(CCOCC(F)F)nc(N)c1F. The maximum absolute atomic E-state index is 13.0. The van der Waals surface area contributed by atoms with Crippen molar-refractivity contribution in [1.82, 2.24) is 9.97 Å². The van der Waals surface area contributed by atoms with E-state index < -0.39 is 18.8 Å². The van der Waals surface area contributed by atoms with Gasteiger partial charge in [-0.15, -0.1) is 0 Å². The fourth-order valence-electron chi connectivity index (χ4n) is 1.09. The zero-order valence-corrected chi connectivity index (χ0v) is 8.71. The number of alkyl halides is 2. The molecule has 16 heavy (non-hydrogen) atoms. The van der Waals surface area contributed by atoms with Gasteiger partial charge in [-0.25, -0.2) is 23.1 Å². The number of ether oxygens (including phenoxy) is 1. The van der Waals surface area contributed by atoms with Crippen LogP contribution in [0.15, 0.2) is 0 Å². The molecule has 7 heteroatoms. The van der Waals surface area contributed by atoms with Crippen molar-refractivity contribution in [2.45, 2.75) is 19.8 Å². The lowest BCUT2D eigenvalue weighted by molar-refractivity contribution is 0.0182. The minimum absolute atomic E-state index is 0.0504. The van der Waals surface area contributed by atoms with Crippen molar-refractivity contribution in [3.8, 4) is 0 Å². The predicted molar refractivity (Wildman–Crippen MR) is 51.7 cm³/mol. The average Bonchev–Trinajstić information content (AvgIpc) is 2.20. The third-order valence-electron chi connectivity index (χ3n) is 1.80. The summed E-state index contributed by atoms with van der Waals surface area (Å²) in [5.41, 5.74) is 5.42. The second kappa shape index (κ2) is 5.64. The van der Waals surface area contributed by atoms with Gasteiger partial charge in [0.15, 0.2) is 11.6 Å². The van der Waals surface area contributed by atoms with Gasteiger partial charge in [0.05, 0.1) is 12.3 Å². The Morgan fingerprint density at radius 2 is 2.06 bits per heavy atom. The van der Waals surface area contributed by atoms with Crippen LogP contribution in [-0.4, -0.2) is 29.6 Å². The Labute approximate surface area is 90.6 Å². The van der Waals surface area contributed by atoms with Crippen LogP contribution >= 0.6 is 0 Å². The van der Waals surface area contributed by atoms with Crippen LogP contribution in [0.25, 0.3) is 0 Å². The van der Waals surface area contributed by atoms with Crippen molar-refractivity contribution >= 4 is 5.82 Å². The summed E-state index contributed by atoms with van der Waals surface area (Å²) in [6.45, 7) is 0.876. The molecule has 0 unspecified atom stereocenters. The zero-order chi connectivity index (χ0) is 12.1. The predicted octanol–water partition coefficient (Wildman–Crippen LogP) is 1.33. The summed E-state index contributed by atoms with van der Waals surface area (Å²) >= 11 is 0. The van der Waals surface area contributed by atoms with Crippen LogP contribution in [0.5, 0.6) is 0 Å². The molecule has 0 saturated carbocycles. The molecule has 0 aliphatic heterocycles. The van der Waals surface area contributed by atoms with E-state index >= 15 is 0 Å². The Morgan fingerprint density at radius 3 is 2.62 bits per heavy atom. The monoisotopic (exact) mass is 235 g/mol. The van der Waals surface area contributed by atoms with Gasteiger partial charge in [-0.3, -0.25) is 0 Å². The van der Waals surface area contributed by atoms with E-state index in [0.717, 1.165) is 0 Å². The Morgan fingerprint density at radius 1 is 1.38 bits per heavy atom. The Balaban J connectivity index is 2.49. The normalized spacial score (nSPS) is 11.1. The van der Waals surface area contributed by atoms with Gasteiger partial charge in [-0.1, -0.05) is 0 Å². The highest BCUT2D eigenvalue weighted by molar-refractivity contribution is 5.31. The minimum Gasteiger partial charge on any atom is -0.381 e. The molecule has 0 aromatic carbocycles. The van der Waals surface area contributed by atoms with Gasteiger partial charge < -0.3 is 10.5 Å². The standard InChI is InChI=1S/C9H12F3N3O/c1-5-8(12)9(13)15-7(14-5)2-3-16-4-6(10)11/h6H,2-4H2,1H3,(H2,13,14,15). The summed E-state index contributed by atoms with van der Waals surface area (Å²) < 4.78 is 41.1. The van der Waals surface area contributed by atoms with Gasteiger partial charge in [0.1, 0.15) is 12.4 Å². The number of hydrogen-bond acceptors (Lipinski definition) is 4. The first-order valence-corrected chi connectivity index (χ1v) is 4.65. The minimum atomic E-state index is -2.50. The van der Waals surface area contributed by atoms with Crippen LogP contribution in [0.2, 0.25) is 0 Å². The largest absolute Gasteiger partial charge is 0.381 e. The highest BCUT2D eigenvalue weighted by Crippen LogP contribution is 2.10. The van der Waals surface area contributed by atoms with Crippen LogP contribution in [-0.2, 0) is 11.2 Å². The molecule has 0 saturated heterocycles. The van der Waals surface area contributed by atoms with Crippen LogP contribution in [0, 0.1) is 12.7 Å². The smallest absolute Gasteiger partial charge is 0.261 e. The van der Waals surface area contributed by atoms with Crippen molar-refractivity contribution in [3.05, 3.63) is 17.3 Å². The summed E-state index contributed by atoms with van der Waals surface area (Å²) in [5.74, 6) is -0.612. The molecule has 0 atom stereocenters. The topological polar surface area (TPSA) is 61.0 Å². The number of nitrogens with zero attached hydrogens (tertiary/aromatic N) is 2. The molecule has 0 radical (unpaired) electrons. The highest BCUT2D eigenvalue weighted by Gasteiger charge is 2.08. The molecular weight excluding hydrogens is 223 g/mol. The van der Waals surface area contributed by atoms with Crippen molar-refractivity contribution in [1.29, 1.82) is 0 Å². The maximum Gasteiger partial charge on any atom is 0.261 e. The number of rotatable bonds is 5. The second-order valence-corrected chi connectivity index (χ2v) is 3.14. The van der Waals surface area contributed by atoms with Gasteiger partial charge in [0.25, 0.3) is 6.43 Å². The van der Waals surface area contributed by atoms with E-state index in [1.165, 1.54) is 6.92 Å². The number of nitrogen functional groups attached to an aromatic ring is 1. The van der Waals surface area contributed by atoms with Crippen molar-refractivity contribution in [2.75, 3.05) is 18.9 Å². The van der Waals surface area contributed by atoms with Gasteiger partial charge in [0, 0.05) is 6.42 Å². The molecule has 2 N–H and O–H groups in total. The van der Waals surface area contributed by atoms with E-state index in [-0.39, 0.29) is 30.4 Å². The number of aryl methyl sites for hydroxylation is 1. The van der Waals surface area contributed by atoms with Crippen molar-refractivity contribution < 1.29 is 17.9 Å². The summed E-state index contributed by atoms with van der Waals surface area (Å²) in [7, 11) is 0. The lowest BCUT2D eigenvalue weighted by Gasteiger charge is -2.05. The molecule has 1 aromatic rings.